The molecule has 1 aliphatic rings. The third kappa shape index (κ3) is 3.77. The van der Waals surface area contributed by atoms with E-state index in [1.165, 1.54) is 12.5 Å². The van der Waals surface area contributed by atoms with Crippen molar-refractivity contribution in [3.8, 4) is 0 Å². The van der Waals surface area contributed by atoms with E-state index in [4.69, 9.17) is 0 Å². The van der Waals surface area contributed by atoms with Crippen LogP contribution in [0.15, 0.2) is 24.3 Å². The zero-order chi connectivity index (χ0) is 13.8. The van der Waals surface area contributed by atoms with Gasteiger partial charge in [-0.05, 0) is 37.3 Å². The van der Waals surface area contributed by atoms with Crippen LogP contribution >= 0.6 is 0 Å². The van der Waals surface area contributed by atoms with Gasteiger partial charge in [-0.1, -0.05) is 32.0 Å². The van der Waals surface area contributed by atoms with Crippen molar-refractivity contribution in [2.45, 2.75) is 32.8 Å². The van der Waals surface area contributed by atoms with E-state index in [0.717, 1.165) is 31.5 Å². The molecule has 0 spiro atoms. The molecule has 2 atom stereocenters. The number of halogens is 1. The first-order valence-electron chi connectivity index (χ1n) is 7.22. The summed E-state index contributed by atoms with van der Waals surface area (Å²) in [7, 11) is 0. The molecule has 1 N–H and O–H groups in total. The van der Waals surface area contributed by atoms with Gasteiger partial charge in [0.05, 0.1) is 6.10 Å². The molecule has 1 aliphatic heterocycles. The molecule has 0 amide bonds. The Bertz CT molecular complexity index is 407. The van der Waals surface area contributed by atoms with Crippen LogP contribution in [0.2, 0.25) is 0 Å². The number of hydrogen-bond donors (Lipinski definition) is 1. The first-order valence-corrected chi connectivity index (χ1v) is 7.22. The molecule has 0 aromatic heterocycles. The molecular weight excluding hydrogens is 241 g/mol. The summed E-state index contributed by atoms with van der Waals surface area (Å²) in [4.78, 5) is 2.38. The van der Waals surface area contributed by atoms with Gasteiger partial charge in [0.2, 0.25) is 0 Å². The Morgan fingerprint density at radius 2 is 2.11 bits per heavy atom. The van der Waals surface area contributed by atoms with Gasteiger partial charge in [0.25, 0.3) is 0 Å². The number of aliphatic hydroxyl groups excluding tert-OH is 1. The van der Waals surface area contributed by atoms with Crippen LogP contribution in [0.25, 0.3) is 0 Å². The zero-order valence-corrected chi connectivity index (χ0v) is 11.8. The maximum Gasteiger partial charge on any atom is 0.128 e. The molecule has 2 unspecified atom stereocenters. The highest BCUT2D eigenvalue weighted by Crippen LogP contribution is 2.25. The molecule has 1 aromatic carbocycles. The van der Waals surface area contributed by atoms with Crippen LogP contribution in [0, 0.1) is 17.7 Å². The number of hydrogen-bond acceptors (Lipinski definition) is 2. The van der Waals surface area contributed by atoms with Crippen LogP contribution in [0.5, 0.6) is 0 Å². The lowest BCUT2D eigenvalue weighted by molar-refractivity contribution is 0.143. The van der Waals surface area contributed by atoms with Crippen molar-refractivity contribution < 1.29 is 9.50 Å². The molecule has 1 fully saturated rings. The summed E-state index contributed by atoms with van der Waals surface area (Å²) in [6.07, 6.45) is 1.15. The molecule has 0 saturated carbocycles. The summed E-state index contributed by atoms with van der Waals surface area (Å²) in [5.74, 6) is 1.18. The Morgan fingerprint density at radius 3 is 2.74 bits per heavy atom. The molecule has 0 aliphatic carbocycles. The number of likely N-dealkylation sites (tertiary alicyclic amines) is 1. The van der Waals surface area contributed by atoms with E-state index in [0.29, 0.717) is 12.0 Å². The Kier molecular flexibility index (Phi) is 4.94. The maximum atomic E-state index is 13.5. The maximum absolute atomic E-state index is 13.5. The average Bonchev–Trinajstić information content (AvgIpc) is 2.85. The Labute approximate surface area is 115 Å². The van der Waals surface area contributed by atoms with E-state index < -0.39 is 6.10 Å². The fourth-order valence-electron chi connectivity index (χ4n) is 2.82. The standard InChI is InChI=1S/C16H24FNO/c1-12(2)13-7-9-18(11-13)10-8-16(19)14-5-3-4-6-15(14)17/h3-6,12-13,16,19H,7-11H2,1-2H3. The predicted molar refractivity (Wildman–Crippen MR) is 75.4 cm³/mol. The van der Waals surface area contributed by atoms with E-state index >= 15 is 0 Å². The van der Waals surface area contributed by atoms with Crippen molar-refractivity contribution in [1.29, 1.82) is 0 Å². The van der Waals surface area contributed by atoms with Gasteiger partial charge < -0.3 is 10.0 Å². The first kappa shape index (κ1) is 14.5. The van der Waals surface area contributed by atoms with Crippen molar-refractivity contribution in [2.75, 3.05) is 19.6 Å². The lowest BCUT2D eigenvalue weighted by Crippen LogP contribution is -2.24. The summed E-state index contributed by atoms with van der Waals surface area (Å²) in [5.41, 5.74) is 0.419. The van der Waals surface area contributed by atoms with Crippen LogP contribution in [-0.4, -0.2) is 29.6 Å². The second kappa shape index (κ2) is 6.49. The van der Waals surface area contributed by atoms with E-state index in [2.05, 4.69) is 18.7 Å². The molecule has 1 saturated heterocycles. The van der Waals surface area contributed by atoms with Crippen LogP contribution in [0.4, 0.5) is 4.39 Å². The van der Waals surface area contributed by atoms with Crippen LogP contribution < -0.4 is 0 Å². The lowest BCUT2D eigenvalue weighted by atomic mass is 9.95. The van der Waals surface area contributed by atoms with Crippen molar-refractivity contribution >= 4 is 0 Å². The largest absolute Gasteiger partial charge is 0.388 e. The molecule has 1 aromatic rings. The van der Waals surface area contributed by atoms with Crippen molar-refractivity contribution in [3.05, 3.63) is 35.6 Å². The molecular formula is C16H24FNO. The number of rotatable bonds is 5. The van der Waals surface area contributed by atoms with Gasteiger partial charge in [0, 0.05) is 18.7 Å². The molecule has 2 nitrogen and oxygen atoms in total. The second-order valence-corrected chi connectivity index (χ2v) is 5.92. The Morgan fingerprint density at radius 1 is 1.37 bits per heavy atom. The highest BCUT2D eigenvalue weighted by molar-refractivity contribution is 5.19. The SMILES string of the molecule is CC(C)C1CCN(CCC(O)c2ccccc2F)C1. The van der Waals surface area contributed by atoms with Gasteiger partial charge in [-0.25, -0.2) is 4.39 Å². The van der Waals surface area contributed by atoms with E-state index in [9.17, 15) is 9.50 Å². The topological polar surface area (TPSA) is 23.5 Å². The monoisotopic (exact) mass is 265 g/mol. The van der Waals surface area contributed by atoms with Gasteiger partial charge >= 0.3 is 0 Å². The highest BCUT2D eigenvalue weighted by Gasteiger charge is 2.25. The molecule has 2 rings (SSSR count). The Balaban J connectivity index is 1.82. The van der Waals surface area contributed by atoms with Gasteiger partial charge in [-0.2, -0.15) is 0 Å². The smallest absolute Gasteiger partial charge is 0.128 e. The molecule has 106 valence electrons. The number of nitrogens with zero attached hydrogens (tertiary/aromatic N) is 1. The molecule has 0 radical (unpaired) electrons. The summed E-state index contributed by atoms with van der Waals surface area (Å²) >= 11 is 0. The highest BCUT2D eigenvalue weighted by atomic mass is 19.1. The number of aliphatic hydroxyl groups is 1. The number of benzene rings is 1. The van der Waals surface area contributed by atoms with Crippen molar-refractivity contribution in [1.82, 2.24) is 4.90 Å². The third-order valence-corrected chi connectivity index (χ3v) is 4.23. The van der Waals surface area contributed by atoms with Gasteiger partial charge in [-0.15, -0.1) is 0 Å². The summed E-state index contributed by atoms with van der Waals surface area (Å²) < 4.78 is 13.5. The first-order chi connectivity index (χ1) is 9.08. The normalized spacial score (nSPS) is 22.1. The van der Waals surface area contributed by atoms with Gasteiger partial charge in [-0.3, -0.25) is 0 Å². The minimum atomic E-state index is -0.695. The molecule has 19 heavy (non-hydrogen) atoms. The molecule has 1 heterocycles. The minimum Gasteiger partial charge on any atom is -0.388 e. The average molecular weight is 265 g/mol. The van der Waals surface area contributed by atoms with Crippen LogP contribution in [-0.2, 0) is 0 Å². The van der Waals surface area contributed by atoms with Crippen LogP contribution in [0.3, 0.4) is 0 Å². The molecule has 0 bridgehead atoms. The summed E-state index contributed by atoms with van der Waals surface area (Å²) in [6.45, 7) is 7.60. The third-order valence-electron chi connectivity index (χ3n) is 4.23. The van der Waals surface area contributed by atoms with Crippen molar-refractivity contribution in [2.24, 2.45) is 11.8 Å². The lowest BCUT2D eigenvalue weighted by Gasteiger charge is -2.20. The summed E-state index contributed by atoms with van der Waals surface area (Å²) in [6, 6.07) is 6.50. The summed E-state index contributed by atoms with van der Waals surface area (Å²) in [5, 5.41) is 10.1. The van der Waals surface area contributed by atoms with Gasteiger partial charge in [0.1, 0.15) is 5.82 Å². The minimum absolute atomic E-state index is 0.309. The van der Waals surface area contributed by atoms with E-state index in [1.54, 1.807) is 18.2 Å². The van der Waals surface area contributed by atoms with Gasteiger partial charge in [0.15, 0.2) is 0 Å². The van der Waals surface area contributed by atoms with Crippen molar-refractivity contribution in [3.63, 3.8) is 0 Å². The van der Waals surface area contributed by atoms with E-state index in [-0.39, 0.29) is 5.82 Å². The Hall–Kier alpha value is -0.930. The molecule has 3 heteroatoms. The quantitative estimate of drug-likeness (QED) is 0.883. The predicted octanol–water partition coefficient (Wildman–Crippen LogP) is 3.23. The fourth-order valence-corrected chi connectivity index (χ4v) is 2.82. The van der Waals surface area contributed by atoms with E-state index in [1.807, 2.05) is 0 Å². The second-order valence-electron chi connectivity index (χ2n) is 5.92. The zero-order valence-electron chi connectivity index (χ0n) is 11.8. The fraction of sp³-hybridized carbons (Fsp3) is 0.625. The van der Waals surface area contributed by atoms with Crippen LogP contribution in [0.1, 0.15) is 38.4 Å².